The molecule has 2 saturated heterocycles. The molecular weight excluding hydrogens is 268 g/mol. The summed E-state index contributed by atoms with van der Waals surface area (Å²) in [5, 5.41) is 0.225. The van der Waals surface area contributed by atoms with E-state index in [1.54, 1.807) is 0 Å². The van der Waals surface area contributed by atoms with Crippen molar-refractivity contribution in [2.75, 3.05) is 0 Å². The quantitative estimate of drug-likeness (QED) is 0.583. The lowest BCUT2D eigenvalue weighted by atomic mass is 10.1. The molecule has 2 heterocycles. The van der Waals surface area contributed by atoms with Gasteiger partial charge in [0.05, 0.1) is 25.2 Å². The fraction of sp³-hybridized carbons (Fsp3) is 0.938. The van der Waals surface area contributed by atoms with Crippen molar-refractivity contribution in [2.24, 2.45) is 0 Å². The summed E-state index contributed by atoms with van der Waals surface area (Å²) < 4.78 is 18.5. The van der Waals surface area contributed by atoms with Crippen LogP contribution in [0.1, 0.15) is 47.0 Å². The average molecular weight is 300 g/mol. The van der Waals surface area contributed by atoms with E-state index >= 15 is 0 Å². The zero-order valence-electron chi connectivity index (χ0n) is 13.9. The van der Waals surface area contributed by atoms with Crippen molar-refractivity contribution >= 4 is 8.32 Å². The molecule has 2 rings (SSSR count). The molecule has 4 heteroatoms. The lowest BCUT2D eigenvalue weighted by molar-refractivity contribution is -0.0554. The lowest BCUT2D eigenvalue weighted by Crippen LogP contribution is -2.45. The minimum absolute atomic E-state index is 0.0615. The Morgan fingerprint density at radius 2 is 1.75 bits per heavy atom. The highest BCUT2D eigenvalue weighted by molar-refractivity contribution is 6.74. The van der Waals surface area contributed by atoms with E-state index in [9.17, 15) is 0 Å². The van der Waals surface area contributed by atoms with Crippen LogP contribution in [-0.2, 0) is 13.9 Å². The van der Waals surface area contributed by atoms with Gasteiger partial charge in [0.1, 0.15) is 6.10 Å². The van der Waals surface area contributed by atoms with E-state index in [0.717, 1.165) is 19.3 Å². The molecule has 0 saturated carbocycles. The van der Waals surface area contributed by atoms with E-state index in [4.69, 9.17) is 13.9 Å². The van der Waals surface area contributed by atoms with Crippen LogP contribution in [0.2, 0.25) is 18.1 Å². The van der Waals surface area contributed by atoms with Crippen molar-refractivity contribution in [1.82, 2.24) is 0 Å². The van der Waals surface area contributed by atoms with Crippen LogP contribution < -0.4 is 0 Å². The van der Waals surface area contributed by atoms with Gasteiger partial charge in [0.15, 0.2) is 8.32 Å². The summed E-state index contributed by atoms with van der Waals surface area (Å²) >= 11 is 0. The Kier molecular flexibility index (Phi) is 4.60. The minimum atomic E-state index is -1.76. The maximum Gasteiger partial charge on any atom is 0.220 e. The molecule has 0 aliphatic carbocycles. The van der Waals surface area contributed by atoms with Crippen LogP contribution in [0, 0.1) is 6.92 Å². The third-order valence-electron chi connectivity index (χ3n) is 5.16. The Morgan fingerprint density at radius 1 is 1.10 bits per heavy atom. The number of hydrogen-bond donors (Lipinski definition) is 0. The molecule has 0 aromatic rings. The number of hydrogen-bond acceptors (Lipinski definition) is 3. The molecule has 2 aliphatic heterocycles. The molecule has 0 bridgehead atoms. The van der Waals surface area contributed by atoms with E-state index in [1.807, 2.05) is 0 Å². The average Bonchev–Trinajstić information content (AvgIpc) is 2.84. The molecule has 0 unspecified atom stereocenters. The Balaban J connectivity index is 1.94. The van der Waals surface area contributed by atoms with Crippen molar-refractivity contribution < 1.29 is 13.9 Å². The van der Waals surface area contributed by atoms with Gasteiger partial charge in [-0.1, -0.05) is 20.8 Å². The van der Waals surface area contributed by atoms with Crippen LogP contribution in [0.4, 0.5) is 0 Å². The summed E-state index contributed by atoms with van der Waals surface area (Å²) in [4.78, 5) is 0. The van der Waals surface area contributed by atoms with Crippen LogP contribution in [0.3, 0.4) is 0 Å². The second kappa shape index (κ2) is 5.63. The van der Waals surface area contributed by atoms with E-state index in [2.05, 4.69) is 47.7 Å². The monoisotopic (exact) mass is 299 g/mol. The van der Waals surface area contributed by atoms with Gasteiger partial charge >= 0.3 is 0 Å². The normalized spacial score (nSPS) is 39.4. The summed E-state index contributed by atoms with van der Waals surface area (Å²) in [5.74, 6) is 0. The molecule has 0 spiro atoms. The fourth-order valence-corrected chi connectivity index (χ4v) is 4.13. The van der Waals surface area contributed by atoms with Crippen LogP contribution in [0.15, 0.2) is 0 Å². The van der Waals surface area contributed by atoms with Crippen molar-refractivity contribution in [3.63, 3.8) is 0 Å². The van der Waals surface area contributed by atoms with E-state index in [-0.39, 0.29) is 29.5 Å². The maximum absolute atomic E-state index is 6.49. The van der Waals surface area contributed by atoms with Gasteiger partial charge < -0.3 is 13.9 Å². The van der Waals surface area contributed by atoms with Crippen LogP contribution >= 0.6 is 0 Å². The van der Waals surface area contributed by atoms with Gasteiger partial charge in [0.2, 0.25) is 6.10 Å². The molecule has 5 atom stereocenters. The van der Waals surface area contributed by atoms with Gasteiger partial charge in [-0.05, 0) is 37.9 Å². The number of rotatable bonds is 3. The highest BCUT2D eigenvalue weighted by Gasteiger charge is 2.48. The van der Waals surface area contributed by atoms with Gasteiger partial charge in [-0.15, -0.1) is 0 Å². The fourth-order valence-electron chi connectivity index (χ4n) is 2.77. The molecule has 0 amide bonds. The highest BCUT2D eigenvalue weighted by Crippen LogP contribution is 2.40. The summed E-state index contributed by atoms with van der Waals surface area (Å²) in [5.41, 5.74) is 0. The topological polar surface area (TPSA) is 27.7 Å². The minimum Gasteiger partial charge on any atom is -0.407 e. The van der Waals surface area contributed by atoms with Crippen LogP contribution in [0.25, 0.3) is 0 Å². The van der Waals surface area contributed by atoms with Crippen LogP contribution in [-0.4, -0.2) is 38.8 Å². The third-order valence-corrected chi connectivity index (χ3v) is 9.66. The zero-order valence-corrected chi connectivity index (χ0v) is 14.9. The molecule has 116 valence electrons. The first-order valence-electron chi connectivity index (χ1n) is 7.92. The SMILES string of the molecule is [CH2+][C@@H]1O[C@@H]([C@H]2CC[C@@H](C)O2)C[C@H]1O[Si](C)(C)C(C)(C)C. The van der Waals surface area contributed by atoms with Crippen molar-refractivity contribution in [1.29, 1.82) is 0 Å². The molecule has 3 nitrogen and oxygen atoms in total. The van der Waals surface area contributed by atoms with Gasteiger partial charge in [0, 0.05) is 6.42 Å². The first-order valence-corrected chi connectivity index (χ1v) is 10.8. The van der Waals surface area contributed by atoms with Crippen molar-refractivity contribution in [2.45, 2.75) is 95.6 Å². The Labute approximate surface area is 125 Å². The van der Waals surface area contributed by atoms with Gasteiger partial charge in [-0.25, -0.2) is 0 Å². The number of ether oxygens (including phenoxy) is 2. The van der Waals surface area contributed by atoms with Gasteiger partial charge in [-0.3, -0.25) is 0 Å². The van der Waals surface area contributed by atoms with Crippen LogP contribution in [0.5, 0.6) is 0 Å². The maximum atomic E-state index is 6.49. The first-order chi connectivity index (χ1) is 9.10. The second-order valence-corrected chi connectivity index (χ2v) is 12.7. The molecule has 0 radical (unpaired) electrons. The molecule has 2 aliphatic rings. The predicted octanol–water partition coefficient (Wildman–Crippen LogP) is 3.94. The summed E-state index contributed by atoms with van der Waals surface area (Å²) in [6.07, 6.45) is 4.00. The lowest BCUT2D eigenvalue weighted by Gasteiger charge is -2.38. The Hall–Kier alpha value is -0.0331. The smallest absolute Gasteiger partial charge is 0.220 e. The molecular formula is C16H31O3Si+. The Bertz CT molecular complexity index is 337. The second-order valence-electron chi connectivity index (χ2n) is 7.93. The van der Waals surface area contributed by atoms with Gasteiger partial charge in [0.25, 0.3) is 0 Å². The molecule has 0 aromatic carbocycles. The summed E-state index contributed by atoms with van der Waals surface area (Å²) in [6.45, 7) is 17.7. The van der Waals surface area contributed by atoms with E-state index in [0.29, 0.717) is 6.10 Å². The highest BCUT2D eigenvalue weighted by atomic mass is 28.4. The molecule has 2 fully saturated rings. The standard InChI is InChI=1S/C16H31O3Si/c1-11-8-9-13(17-11)15-10-14(12(2)18-15)19-20(6,7)16(3,4)5/h11-15H,2,8-10H2,1,3-7H3/q+1/t11-,12+,13-,14-,15-/m1/s1. The molecule has 20 heavy (non-hydrogen) atoms. The molecule has 0 N–H and O–H groups in total. The Morgan fingerprint density at radius 3 is 2.25 bits per heavy atom. The van der Waals surface area contributed by atoms with E-state index in [1.165, 1.54) is 0 Å². The zero-order chi connectivity index (χ0) is 15.1. The molecule has 0 aromatic heterocycles. The largest absolute Gasteiger partial charge is 0.407 e. The predicted molar refractivity (Wildman–Crippen MR) is 84.3 cm³/mol. The van der Waals surface area contributed by atoms with Gasteiger partial charge in [-0.2, -0.15) is 0 Å². The first kappa shape index (κ1) is 16.3. The summed E-state index contributed by atoms with van der Waals surface area (Å²) in [6, 6.07) is 0. The van der Waals surface area contributed by atoms with Crippen molar-refractivity contribution in [3.05, 3.63) is 6.92 Å². The third kappa shape index (κ3) is 3.41. The summed E-state index contributed by atoms with van der Waals surface area (Å²) in [7, 11) is -1.76. The van der Waals surface area contributed by atoms with E-state index < -0.39 is 8.32 Å². The van der Waals surface area contributed by atoms with Crippen molar-refractivity contribution in [3.8, 4) is 0 Å².